The molecule has 0 saturated carbocycles. The highest BCUT2D eigenvalue weighted by Gasteiger charge is 2.18. The van der Waals surface area contributed by atoms with E-state index in [2.05, 4.69) is 20.7 Å². The van der Waals surface area contributed by atoms with Gasteiger partial charge in [-0.2, -0.15) is 0 Å². The lowest BCUT2D eigenvalue weighted by atomic mass is 10.1. The maximum atomic E-state index is 12.0. The molecule has 0 amide bonds. The minimum Gasteiger partial charge on any atom is -0.387 e. The van der Waals surface area contributed by atoms with Gasteiger partial charge in [0.25, 0.3) is 0 Å². The fourth-order valence-corrected chi connectivity index (χ4v) is 3.31. The van der Waals surface area contributed by atoms with Crippen LogP contribution in [0.15, 0.2) is 53.0 Å². The summed E-state index contributed by atoms with van der Waals surface area (Å²) in [5.74, 6) is -0.419. The average molecular weight is 391 g/mol. The lowest BCUT2D eigenvalue weighted by Gasteiger charge is -2.13. The number of sulfonamides is 1. The van der Waals surface area contributed by atoms with Crippen LogP contribution in [0.1, 0.15) is 11.7 Å². The largest absolute Gasteiger partial charge is 0.387 e. The number of aliphatic hydroxyl groups is 1. The fraction of sp³-hybridized carbons (Fsp3) is 0.143. The van der Waals surface area contributed by atoms with Gasteiger partial charge in [0.1, 0.15) is 0 Å². The van der Waals surface area contributed by atoms with Crippen LogP contribution in [0.25, 0.3) is 0 Å². The van der Waals surface area contributed by atoms with E-state index in [1.807, 2.05) is 0 Å². The lowest BCUT2D eigenvalue weighted by Crippen LogP contribution is -2.21. The van der Waals surface area contributed by atoms with E-state index >= 15 is 0 Å². The molecular formula is C14H13BrClNO3S. The van der Waals surface area contributed by atoms with Crippen LogP contribution in [-0.2, 0) is 10.0 Å². The Morgan fingerprint density at radius 1 is 1.10 bits per heavy atom. The lowest BCUT2D eigenvalue weighted by molar-refractivity contribution is 0.202. The highest BCUT2D eigenvalue weighted by molar-refractivity contribution is 9.10. The summed E-state index contributed by atoms with van der Waals surface area (Å²) in [6.07, 6.45) is -1.09. The smallest absolute Gasteiger partial charge is 0.235 e. The van der Waals surface area contributed by atoms with Gasteiger partial charge >= 0.3 is 0 Å². The van der Waals surface area contributed by atoms with Crippen molar-refractivity contribution in [3.63, 3.8) is 0 Å². The van der Waals surface area contributed by atoms with E-state index < -0.39 is 21.9 Å². The molecule has 1 atom stereocenters. The van der Waals surface area contributed by atoms with E-state index in [1.54, 1.807) is 48.5 Å². The first kappa shape index (κ1) is 16.3. The normalized spacial score (nSPS) is 12.9. The number of hydrogen-bond donors (Lipinski definition) is 2. The van der Waals surface area contributed by atoms with Gasteiger partial charge in [-0.15, -0.1) is 0 Å². The quantitative estimate of drug-likeness (QED) is 0.820. The summed E-state index contributed by atoms with van der Waals surface area (Å²) in [4.78, 5) is 0. The zero-order valence-electron chi connectivity index (χ0n) is 10.8. The summed E-state index contributed by atoms with van der Waals surface area (Å²) in [6, 6.07) is 13.1. The number of nitrogens with one attached hydrogen (secondary N) is 1. The Kier molecular flexibility index (Phi) is 5.27. The first-order chi connectivity index (χ1) is 9.85. The Morgan fingerprint density at radius 3 is 2.24 bits per heavy atom. The van der Waals surface area contributed by atoms with Gasteiger partial charge in [-0.3, -0.25) is 4.72 Å². The van der Waals surface area contributed by atoms with E-state index in [0.717, 1.165) is 4.47 Å². The van der Waals surface area contributed by atoms with E-state index in [1.165, 1.54) is 0 Å². The molecule has 0 heterocycles. The number of aliphatic hydroxyl groups excluding tert-OH is 1. The minimum absolute atomic E-state index is 0.405. The predicted octanol–water partition coefficient (Wildman–Crippen LogP) is 3.58. The first-order valence-electron chi connectivity index (χ1n) is 6.05. The summed E-state index contributed by atoms with van der Waals surface area (Å²) < 4.78 is 27.3. The van der Waals surface area contributed by atoms with Gasteiger partial charge in [0.15, 0.2) is 0 Å². The molecule has 112 valence electrons. The molecule has 0 spiro atoms. The molecule has 2 aromatic carbocycles. The van der Waals surface area contributed by atoms with Crippen molar-refractivity contribution in [3.05, 3.63) is 63.6 Å². The summed E-state index contributed by atoms with van der Waals surface area (Å²) in [5, 5.41) is 10.5. The molecule has 7 heteroatoms. The third-order valence-corrected chi connectivity index (χ3v) is 4.83. The van der Waals surface area contributed by atoms with Gasteiger partial charge in [-0.1, -0.05) is 39.7 Å². The van der Waals surface area contributed by atoms with Crippen molar-refractivity contribution in [2.24, 2.45) is 0 Å². The Bertz CT molecular complexity index is 702. The van der Waals surface area contributed by atoms with Gasteiger partial charge in [0, 0.05) is 15.2 Å². The van der Waals surface area contributed by atoms with E-state index in [0.29, 0.717) is 16.3 Å². The molecule has 0 aliphatic carbocycles. The molecule has 2 rings (SSSR count). The van der Waals surface area contributed by atoms with Crippen LogP contribution in [0.4, 0.5) is 5.69 Å². The number of halogens is 2. The molecule has 0 aromatic heterocycles. The molecule has 2 aromatic rings. The van der Waals surface area contributed by atoms with Gasteiger partial charge in [-0.25, -0.2) is 8.42 Å². The number of hydrogen-bond acceptors (Lipinski definition) is 3. The van der Waals surface area contributed by atoms with Crippen molar-refractivity contribution < 1.29 is 13.5 Å². The molecule has 21 heavy (non-hydrogen) atoms. The molecule has 1 unspecified atom stereocenters. The van der Waals surface area contributed by atoms with Crippen molar-refractivity contribution >= 4 is 43.2 Å². The third-order valence-electron chi connectivity index (χ3n) is 2.75. The van der Waals surface area contributed by atoms with Gasteiger partial charge in [0.05, 0.1) is 11.9 Å². The molecule has 0 aliphatic rings. The highest BCUT2D eigenvalue weighted by Crippen LogP contribution is 2.20. The van der Waals surface area contributed by atoms with Gasteiger partial charge < -0.3 is 5.11 Å². The molecular weight excluding hydrogens is 378 g/mol. The zero-order chi connectivity index (χ0) is 15.5. The maximum Gasteiger partial charge on any atom is 0.235 e. The topological polar surface area (TPSA) is 66.4 Å². The summed E-state index contributed by atoms with van der Waals surface area (Å²) in [6.45, 7) is 0. The van der Waals surface area contributed by atoms with Crippen LogP contribution in [0.3, 0.4) is 0 Å². The van der Waals surface area contributed by atoms with Crippen molar-refractivity contribution in [3.8, 4) is 0 Å². The molecule has 0 fully saturated rings. The Morgan fingerprint density at radius 2 is 1.67 bits per heavy atom. The van der Waals surface area contributed by atoms with Crippen LogP contribution >= 0.6 is 27.5 Å². The van der Waals surface area contributed by atoms with E-state index in [4.69, 9.17) is 11.6 Å². The maximum absolute atomic E-state index is 12.0. The van der Waals surface area contributed by atoms with Gasteiger partial charge in [-0.05, 0) is 42.0 Å². The van der Waals surface area contributed by atoms with Crippen molar-refractivity contribution in [2.75, 3.05) is 10.5 Å². The number of rotatable bonds is 5. The second-order valence-corrected chi connectivity index (χ2v) is 7.58. The molecule has 0 saturated heterocycles. The SMILES string of the molecule is O=S(=O)(CC(O)c1ccc(Br)cc1)Nc1ccc(Cl)cc1. The van der Waals surface area contributed by atoms with Crippen LogP contribution < -0.4 is 4.72 Å². The molecule has 2 N–H and O–H groups in total. The Labute approximate surface area is 136 Å². The summed E-state index contributed by atoms with van der Waals surface area (Å²) in [7, 11) is -3.66. The fourth-order valence-electron chi connectivity index (χ4n) is 1.73. The molecule has 0 bridgehead atoms. The second-order valence-electron chi connectivity index (χ2n) is 4.46. The summed E-state index contributed by atoms with van der Waals surface area (Å²) >= 11 is 9.02. The van der Waals surface area contributed by atoms with E-state index in [9.17, 15) is 13.5 Å². The van der Waals surface area contributed by atoms with Crippen molar-refractivity contribution in [2.45, 2.75) is 6.10 Å². The minimum atomic E-state index is -3.66. The second kappa shape index (κ2) is 6.79. The van der Waals surface area contributed by atoms with Crippen LogP contribution in [0.5, 0.6) is 0 Å². The predicted molar refractivity (Wildman–Crippen MR) is 88.0 cm³/mol. The Hall–Kier alpha value is -1.08. The molecule has 0 radical (unpaired) electrons. The van der Waals surface area contributed by atoms with E-state index in [-0.39, 0.29) is 0 Å². The van der Waals surface area contributed by atoms with Crippen molar-refractivity contribution in [1.29, 1.82) is 0 Å². The van der Waals surface area contributed by atoms with Crippen LogP contribution in [0, 0.1) is 0 Å². The summed E-state index contributed by atoms with van der Waals surface area (Å²) in [5.41, 5.74) is 0.946. The van der Waals surface area contributed by atoms with Crippen LogP contribution in [-0.4, -0.2) is 19.3 Å². The average Bonchev–Trinajstić information content (AvgIpc) is 2.41. The highest BCUT2D eigenvalue weighted by atomic mass is 79.9. The molecule has 4 nitrogen and oxygen atoms in total. The first-order valence-corrected chi connectivity index (χ1v) is 8.88. The third kappa shape index (κ3) is 5.00. The standard InChI is InChI=1S/C14H13BrClNO3S/c15-11-3-1-10(2-4-11)14(18)9-21(19,20)17-13-7-5-12(16)6-8-13/h1-8,14,17-18H,9H2. The van der Waals surface area contributed by atoms with Crippen LogP contribution in [0.2, 0.25) is 5.02 Å². The number of benzene rings is 2. The number of anilines is 1. The zero-order valence-corrected chi connectivity index (χ0v) is 14.0. The van der Waals surface area contributed by atoms with Crippen molar-refractivity contribution in [1.82, 2.24) is 0 Å². The molecule has 0 aliphatic heterocycles. The van der Waals surface area contributed by atoms with Gasteiger partial charge in [0.2, 0.25) is 10.0 Å². The Balaban J connectivity index is 2.06. The monoisotopic (exact) mass is 389 g/mol.